The van der Waals surface area contributed by atoms with Gasteiger partial charge in [-0.25, -0.2) is 0 Å². The third-order valence-electron chi connectivity index (χ3n) is 5.22. The van der Waals surface area contributed by atoms with E-state index in [2.05, 4.69) is 10.9 Å². The van der Waals surface area contributed by atoms with Crippen LogP contribution >= 0.6 is 24.0 Å². The molecule has 0 saturated carbocycles. The summed E-state index contributed by atoms with van der Waals surface area (Å²) in [7, 11) is 3.13. The molecule has 184 valence electrons. The highest BCUT2D eigenvalue weighted by molar-refractivity contribution is 8.26. The van der Waals surface area contributed by atoms with Crippen molar-refractivity contribution in [2.75, 3.05) is 20.8 Å². The van der Waals surface area contributed by atoms with Gasteiger partial charge in [0, 0.05) is 18.5 Å². The first kappa shape index (κ1) is 26.2. The summed E-state index contributed by atoms with van der Waals surface area (Å²) in [6.07, 6.45) is 4.14. The van der Waals surface area contributed by atoms with Gasteiger partial charge in [0.05, 0.1) is 19.1 Å². The van der Waals surface area contributed by atoms with Crippen LogP contribution in [0.5, 0.6) is 11.5 Å². The number of nitrogens with one attached hydrogen (secondary N) is 2. The van der Waals surface area contributed by atoms with Crippen molar-refractivity contribution in [3.8, 4) is 11.5 Å². The van der Waals surface area contributed by atoms with Crippen molar-refractivity contribution in [2.24, 2.45) is 0 Å². The molecule has 2 N–H and O–H groups in total. The number of hydrogen-bond acceptors (Lipinski definition) is 7. The molecule has 2 aromatic carbocycles. The van der Waals surface area contributed by atoms with Crippen molar-refractivity contribution in [2.45, 2.75) is 25.7 Å². The summed E-state index contributed by atoms with van der Waals surface area (Å²) in [6.45, 7) is 0.486. The summed E-state index contributed by atoms with van der Waals surface area (Å²) in [4.78, 5) is 38.9. The van der Waals surface area contributed by atoms with Crippen LogP contribution in [-0.4, -0.2) is 47.7 Å². The van der Waals surface area contributed by atoms with Gasteiger partial charge in [-0.2, -0.15) is 0 Å². The normalized spacial score (nSPS) is 14.2. The summed E-state index contributed by atoms with van der Waals surface area (Å²) in [5.41, 5.74) is 6.10. The first-order valence-electron chi connectivity index (χ1n) is 11.0. The lowest BCUT2D eigenvalue weighted by molar-refractivity contribution is -0.123. The fraction of sp³-hybridized carbons (Fsp3) is 0.280. The number of benzene rings is 2. The summed E-state index contributed by atoms with van der Waals surface area (Å²) >= 11 is 6.66. The van der Waals surface area contributed by atoms with Crippen molar-refractivity contribution in [1.82, 2.24) is 15.8 Å². The molecule has 10 heteroatoms. The van der Waals surface area contributed by atoms with E-state index in [-0.39, 0.29) is 24.1 Å². The molecule has 0 unspecified atom stereocenters. The number of rotatable bonds is 10. The van der Waals surface area contributed by atoms with Crippen LogP contribution in [0.3, 0.4) is 0 Å². The quantitative estimate of drug-likeness (QED) is 0.215. The number of carbonyl (C=O) groups excluding carboxylic acids is 3. The van der Waals surface area contributed by atoms with E-state index in [1.807, 2.05) is 12.1 Å². The molecule has 1 saturated heterocycles. The van der Waals surface area contributed by atoms with Crippen molar-refractivity contribution in [1.29, 1.82) is 0 Å². The molecule has 2 aromatic rings. The molecule has 0 radical (unpaired) electrons. The van der Waals surface area contributed by atoms with Gasteiger partial charge in [-0.05, 0) is 48.7 Å². The number of thioether (sulfide) groups is 1. The van der Waals surface area contributed by atoms with Gasteiger partial charge < -0.3 is 9.47 Å². The van der Waals surface area contributed by atoms with E-state index < -0.39 is 0 Å². The molecule has 35 heavy (non-hydrogen) atoms. The molecular formula is C25H27N3O5S2. The molecule has 8 nitrogen and oxygen atoms in total. The fourth-order valence-corrected chi connectivity index (χ4v) is 4.68. The van der Waals surface area contributed by atoms with Gasteiger partial charge in [-0.1, -0.05) is 54.7 Å². The predicted molar refractivity (Wildman–Crippen MR) is 140 cm³/mol. The molecule has 0 aromatic heterocycles. The van der Waals surface area contributed by atoms with E-state index in [0.29, 0.717) is 45.7 Å². The topological polar surface area (TPSA) is 97.0 Å². The van der Waals surface area contributed by atoms with Gasteiger partial charge in [0.1, 0.15) is 4.32 Å². The van der Waals surface area contributed by atoms with Gasteiger partial charge in [-0.3, -0.25) is 30.1 Å². The first-order chi connectivity index (χ1) is 16.9. The van der Waals surface area contributed by atoms with E-state index in [1.165, 1.54) is 11.8 Å². The summed E-state index contributed by atoms with van der Waals surface area (Å²) in [5.74, 6) is 0.438. The maximum atomic E-state index is 12.8. The van der Waals surface area contributed by atoms with Crippen LogP contribution in [0.1, 0.15) is 41.6 Å². The van der Waals surface area contributed by atoms with Crippen LogP contribution in [0.25, 0.3) is 6.08 Å². The highest BCUT2D eigenvalue weighted by atomic mass is 32.2. The number of carbonyl (C=O) groups is 3. The van der Waals surface area contributed by atoms with Crippen LogP contribution in [0.15, 0.2) is 53.4 Å². The molecule has 1 aliphatic heterocycles. The largest absolute Gasteiger partial charge is 0.493 e. The Morgan fingerprint density at radius 3 is 2.46 bits per heavy atom. The molecule has 0 aliphatic carbocycles. The van der Waals surface area contributed by atoms with Gasteiger partial charge >= 0.3 is 0 Å². The maximum Gasteiger partial charge on any atom is 0.269 e. The highest BCUT2D eigenvalue weighted by Crippen LogP contribution is 2.34. The Hall–Kier alpha value is -3.37. The second-order valence-electron chi connectivity index (χ2n) is 7.63. The molecule has 3 amide bonds. The smallest absolute Gasteiger partial charge is 0.269 e. The second kappa shape index (κ2) is 12.9. The van der Waals surface area contributed by atoms with Crippen LogP contribution < -0.4 is 20.3 Å². The third-order valence-corrected chi connectivity index (χ3v) is 6.59. The summed E-state index contributed by atoms with van der Waals surface area (Å²) in [5, 5.41) is 0. The molecule has 0 atom stereocenters. The summed E-state index contributed by atoms with van der Waals surface area (Å²) < 4.78 is 11.1. The number of methoxy groups -OCH3 is 2. The number of nitrogens with zero attached hydrogens (tertiary/aromatic N) is 1. The zero-order valence-corrected chi connectivity index (χ0v) is 21.2. The highest BCUT2D eigenvalue weighted by Gasteiger charge is 2.31. The van der Waals surface area contributed by atoms with E-state index in [0.717, 1.165) is 12.0 Å². The van der Waals surface area contributed by atoms with E-state index in [4.69, 9.17) is 21.7 Å². The van der Waals surface area contributed by atoms with E-state index in [1.54, 1.807) is 61.6 Å². The zero-order chi connectivity index (χ0) is 25.2. The summed E-state index contributed by atoms with van der Waals surface area (Å²) in [6, 6.07) is 14.1. The SMILES string of the molecule is COc1ccc(/C=C2\SC(=S)N(CCCCCC(=O)NNC(=O)c3ccccc3)C2=O)cc1OC. The number of hydrazine groups is 1. The van der Waals surface area contributed by atoms with Crippen LogP contribution in [0, 0.1) is 0 Å². The Balaban J connectivity index is 1.40. The van der Waals surface area contributed by atoms with E-state index in [9.17, 15) is 14.4 Å². The fourth-order valence-electron chi connectivity index (χ4n) is 3.37. The molecule has 0 bridgehead atoms. The number of unbranched alkanes of at least 4 members (excludes halogenated alkanes) is 2. The monoisotopic (exact) mass is 513 g/mol. The number of amides is 3. The molecular weight excluding hydrogens is 486 g/mol. The zero-order valence-electron chi connectivity index (χ0n) is 19.5. The Kier molecular flexibility index (Phi) is 9.68. The maximum absolute atomic E-state index is 12.8. The number of thiocarbonyl (C=S) groups is 1. The number of hydrogen-bond donors (Lipinski definition) is 2. The van der Waals surface area contributed by atoms with Gasteiger partial charge in [0.15, 0.2) is 11.5 Å². The van der Waals surface area contributed by atoms with Crippen molar-refractivity contribution in [3.63, 3.8) is 0 Å². The minimum atomic E-state index is -0.366. The minimum absolute atomic E-state index is 0.129. The van der Waals surface area contributed by atoms with Crippen LogP contribution in [-0.2, 0) is 9.59 Å². The Bertz CT molecular complexity index is 1120. The van der Waals surface area contributed by atoms with Gasteiger partial charge in [0.2, 0.25) is 5.91 Å². The molecule has 0 spiro atoms. The molecule has 1 aliphatic rings. The van der Waals surface area contributed by atoms with Crippen molar-refractivity contribution in [3.05, 3.63) is 64.6 Å². The van der Waals surface area contributed by atoms with Crippen molar-refractivity contribution < 1.29 is 23.9 Å². The van der Waals surface area contributed by atoms with Gasteiger partial charge in [-0.15, -0.1) is 0 Å². The van der Waals surface area contributed by atoms with E-state index >= 15 is 0 Å². The van der Waals surface area contributed by atoms with Crippen molar-refractivity contribution >= 4 is 52.1 Å². The standard InChI is InChI=1S/C25H27N3O5S2/c1-32-19-13-12-17(15-20(19)33-2)16-21-24(31)28(25(34)35-21)14-8-4-7-11-22(29)26-27-23(30)18-9-5-3-6-10-18/h3,5-6,9-10,12-13,15-16H,4,7-8,11,14H2,1-2H3,(H,26,29)(H,27,30)/b21-16-. The molecule has 1 fully saturated rings. The van der Waals surface area contributed by atoms with Crippen LogP contribution in [0.4, 0.5) is 0 Å². The first-order valence-corrected chi connectivity index (χ1v) is 12.3. The lowest BCUT2D eigenvalue weighted by Crippen LogP contribution is -2.41. The Morgan fingerprint density at radius 2 is 1.74 bits per heavy atom. The average molecular weight is 514 g/mol. The van der Waals surface area contributed by atoms with Crippen LogP contribution in [0.2, 0.25) is 0 Å². The predicted octanol–water partition coefficient (Wildman–Crippen LogP) is 3.93. The Morgan fingerprint density at radius 1 is 1.00 bits per heavy atom. The molecule has 1 heterocycles. The third kappa shape index (κ3) is 7.30. The number of ether oxygens (including phenoxy) is 2. The average Bonchev–Trinajstić information content (AvgIpc) is 3.14. The lowest BCUT2D eigenvalue weighted by atomic mass is 10.1. The minimum Gasteiger partial charge on any atom is -0.493 e. The molecule has 3 rings (SSSR count). The lowest BCUT2D eigenvalue weighted by Gasteiger charge is -2.14. The van der Waals surface area contributed by atoms with Gasteiger partial charge in [0.25, 0.3) is 11.8 Å². The Labute approximate surface area is 214 Å². The second-order valence-corrected chi connectivity index (χ2v) is 9.30.